The fourth-order valence-electron chi connectivity index (χ4n) is 3.42. The fraction of sp³-hybridized carbons (Fsp3) is 0.278. The van der Waals surface area contributed by atoms with Crippen LogP contribution in [0.4, 0.5) is 11.5 Å². The Bertz CT molecular complexity index is 960. The van der Waals surface area contributed by atoms with Gasteiger partial charge in [0, 0.05) is 36.8 Å². The quantitative estimate of drug-likeness (QED) is 0.734. The van der Waals surface area contributed by atoms with Gasteiger partial charge in [0.15, 0.2) is 0 Å². The van der Waals surface area contributed by atoms with Gasteiger partial charge in [-0.05, 0) is 46.6 Å². The van der Waals surface area contributed by atoms with Crippen LogP contribution in [0.2, 0.25) is 0 Å². The van der Waals surface area contributed by atoms with Gasteiger partial charge in [-0.2, -0.15) is 5.26 Å². The van der Waals surface area contributed by atoms with E-state index in [1.54, 1.807) is 6.33 Å². The molecule has 1 aromatic carbocycles. The van der Waals surface area contributed by atoms with Gasteiger partial charge in [-0.3, -0.25) is 0 Å². The zero-order valence-corrected chi connectivity index (χ0v) is 15.4. The summed E-state index contributed by atoms with van der Waals surface area (Å²) in [6.07, 6.45) is 4.57. The number of aromatic nitrogens is 3. The number of benzene rings is 1. The van der Waals surface area contributed by atoms with Gasteiger partial charge in [0.1, 0.15) is 17.8 Å². The molecule has 0 amide bonds. The van der Waals surface area contributed by atoms with Crippen LogP contribution in [0.25, 0.3) is 11.0 Å². The Morgan fingerprint density at radius 1 is 1.36 bits per heavy atom. The van der Waals surface area contributed by atoms with Crippen LogP contribution in [0.3, 0.4) is 0 Å². The Balaban J connectivity index is 1.56. The zero-order valence-electron chi connectivity index (χ0n) is 13.8. The molecule has 25 heavy (non-hydrogen) atoms. The van der Waals surface area contributed by atoms with Gasteiger partial charge in [-0.25, -0.2) is 9.97 Å². The average Bonchev–Trinajstić information content (AvgIpc) is 3.30. The number of nitriles is 1. The molecule has 7 heteroatoms. The normalized spacial score (nSPS) is 17.0. The second-order valence-corrected chi connectivity index (χ2v) is 7.07. The van der Waals surface area contributed by atoms with E-state index in [1.807, 2.05) is 30.5 Å². The lowest BCUT2D eigenvalue weighted by Crippen LogP contribution is -2.35. The van der Waals surface area contributed by atoms with E-state index in [1.165, 1.54) is 0 Å². The van der Waals surface area contributed by atoms with Gasteiger partial charge in [0.25, 0.3) is 0 Å². The predicted octanol–water partition coefficient (Wildman–Crippen LogP) is 3.31. The maximum Gasteiger partial charge on any atom is 0.142 e. The molecule has 1 fully saturated rings. The second-order valence-electron chi connectivity index (χ2n) is 6.21. The van der Waals surface area contributed by atoms with E-state index in [4.69, 9.17) is 5.26 Å². The highest BCUT2D eigenvalue weighted by molar-refractivity contribution is 9.10. The number of anilines is 2. The number of fused-ring (bicyclic) bond motifs is 1. The Kier molecular flexibility index (Phi) is 4.06. The van der Waals surface area contributed by atoms with Crippen LogP contribution in [0, 0.1) is 11.3 Å². The minimum absolute atomic E-state index is 0.383. The van der Waals surface area contributed by atoms with Crippen LogP contribution in [-0.2, 0) is 0 Å². The zero-order chi connectivity index (χ0) is 17.4. The van der Waals surface area contributed by atoms with Crippen LogP contribution < -0.4 is 9.80 Å². The molecule has 0 radical (unpaired) electrons. The van der Waals surface area contributed by atoms with Crippen molar-refractivity contribution >= 4 is 38.5 Å². The Morgan fingerprint density at radius 2 is 2.24 bits per heavy atom. The van der Waals surface area contributed by atoms with E-state index in [0.29, 0.717) is 11.6 Å². The van der Waals surface area contributed by atoms with Crippen molar-refractivity contribution in [3.05, 3.63) is 46.8 Å². The first kappa shape index (κ1) is 15.9. The van der Waals surface area contributed by atoms with Gasteiger partial charge in [0.2, 0.25) is 0 Å². The van der Waals surface area contributed by atoms with Crippen molar-refractivity contribution in [1.29, 1.82) is 5.26 Å². The summed E-state index contributed by atoms with van der Waals surface area (Å²) in [4.78, 5) is 16.5. The third kappa shape index (κ3) is 2.83. The van der Waals surface area contributed by atoms with Crippen molar-refractivity contribution in [2.75, 3.05) is 29.9 Å². The second kappa shape index (κ2) is 6.37. The Hall–Kier alpha value is -2.59. The van der Waals surface area contributed by atoms with E-state index in [0.717, 1.165) is 46.5 Å². The number of H-pyrrole nitrogens is 1. The van der Waals surface area contributed by atoms with Crippen molar-refractivity contribution in [2.24, 2.45) is 0 Å². The SMILES string of the molecule is CN(c1ccc(C#N)cc1Br)C1CCN(c2ncnc3[nH]ccc23)C1. The summed E-state index contributed by atoms with van der Waals surface area (Å²) in [5.41, 5.74) is 2.63. The number of nitrogens with one attached hydrogen (secondary N) is 1. The molecule has 1 saturated heterocycles. The van der Waals surface area contributed by atoms with E-state index in [2.05, 4.69) is 53.8 Å². The molecule has 3 aromatic rings. The van der Waals surface area contributed by atoms with Crippen molar-refractivity contribution in [3.8, 4) is 6.07 Å². The molecular weight excluding hydrogens is 380 g/mol. The van der Waals surface area contributed by atoms with E-state index < -0.39 is 0 Å². The van der Waals surface area contributed by atoms with Gasteiger partial charge in [-0.1, -0.05) is 0 Å². The smallest absolute Gasteiger partial charge is 0.142 e. The molecule has 1 aliphatic rings. The van der Waals surface area contributed by atoms with Crippen LogP contribution >= 0.6 is 15.9 Å². The summed E-state index contributed by atoms with van der Waals surface area (Å²) in [5.74, 6) is 0.987. The number of likely N-dealkylation sites (N-methyl/N-ethyl adjacent to an activating group) is 1. The maximum atomic E-state index is 9.03. The molecule has 0 bridgehead atoms. The lowest BCUT2D eigenvalue weighted by molar-refractivity contribution is 0.691. The Morgan fingerprint density at radius 3 is 3.04 bits per heavy atom. The third-order valence-electron chi connectivity index (χ3n) is 4.80. The molecule has 0 aliphatic carbocycles. The first-order chi connectivity index (χ1) is 12.2. The Labute approximate surface area is 154 Å². The van der Waals surface area contributed by atoms with Gasteiger partial charge in [0.05, 0.1) is 22.7 Å². The molecule has 6 nitrogen and oxygen atoms in total. The minimum Gasteiger partial charge on any atom is -0.369 e. The van der Waals surface area contributed by atoms with Crippen LogP contribution in [0.15, 0.2) is 41.3 Å². The molecule has 1 atom stereocenters. The molecule has 126 valence electrons. The fourth-order valence-corrected chi connectivity index (χ4v) is 4.08. The topological polar surface area (TPSA) is 71.8 Å². The number of hydrogen-bond donors (Lipinski definition) is 1. The molecule has 1 N–H and O–H groups in total. The summed E-state index contributed by atoms with van der Waals surface area (Å²) in [6, 6.07) is 10.3. The van der Waals surface area contributed by atoms with Crippen molar-refractivity contribution in [3.63, 3.8) is 0 Å². The highest BCUT2D eigenvalue weighted by atomic mass is 79.9. The first-order valence-electron chi connectivity index (χ1n) is 8.13. The highest BCUT2D eigenvalue weighted by Crippen LogP contribution is 2.32. The van der Waals surface area contributed by atoms with Gasteiger partial charge < -0.3 is 14.8 Å². The number of nitrogens with zero attached hydrogens (tertiary/aromatic N) is 5. The minimum atomic E-state index is 0.383. The molecule has 2 aromatic heterocycles. The number of hydrogen-bond acceptors (Lipinski definition) is 5. The van der Waals surface area contributed by atoms with Crippen LogP contribution in [-0.4, -0.2) is 41.1 Å². The van der Waals surface area contributed by atoms with Crippen molar-refractivity contribution in [2.45, 2.75) is 12.5 Å². The predicted molar refractivity (Wildman–Crippen MR) is 102 cm³/mol. The lowest BCUT2D eigenvalue weighted by Gasteiger charge is -2.28. The molecule has 1 aliphatic heterocycles. The molecule has 1 unspecified atom stereocenters. The molecular formula is C18H17BrN6. The van der Waals surface area contributed by atoms with E-state index in [9.17, 15) is 0 Å². The van der Waals surface area contributed by atoms with Crippen LogP contribution in [0.5, 0.6) is 0 Å². The van der Waals surface area contributed by atoms with Crippen molar-refractivity contribution in [1.82, 2.24) is 15.0 Å². The highest BCUT2D eigenvalue weighted by Gasteiger charge is 2.28. The van der Waals surface area contributed by atoms with Crippen LogP contribution in [0.1, 0.15) is 12.0 Å². The first-order valence-corrected chi connectivity index (χ1v) is 8.92. The summed E-state index contributed by atoms with van der Waals surface area (Å²) >= 11 is 3.59. The summed E-state index contributed by atoms with van der Waals surface area (Å²) in [6.45, 7) is 1.86. The average molecular weight is 397 g/mol. The monoisotopic (exact) mass is 396 g/mol. The van der Waals surface area contributed by atoms with Gasteiger partial charge >= 0.3 is 0 Å². The standard InChI is InChI=1S/C18H17BrN6/c1-24(16-3-2-12(9-20)8-15(16)19)13-5-7-25(10-13)18-14-4-6-21-17(14)22-11-23-18/h2-4,6,8,11,13H,5,7,10H2,1H3,(H,21,22,23). The van der Waals surface area contributed by atoms with Crippen molar-refractivity contribution < 1.29 is 0 Å². The van der Waals surface area contributed by atoms with E-state index >= 15 is 0 Å². The maximum absolute atomic E-state index is 9.03. The number of aromatic amines is 1. The molecule has 0 saturated carbocycles. The third-order valence-corrected chi connectivity index (χ3v) is 5.44. The number of rotatable bonds is 3. The molecule has 0 spiro atoms. The van der Waals surface area contributed by atoms with E-state index in [-0.39, 0.29) is 0 Å². The lowest BCUT2D eigenvalue weighted by atomic mass is 10.1. The summed E-state index contributed by atoms with van der Waals surface area (Å²) < 4.78 is 0.947. The summed E-state index contributed by atoms with van der Waals surface area (Å²) in [7, 11) is 2.10. The molecule has 4 rings (SSSR count). The summed E-state index contributed by atoms with van der Waals surface area (Å²) in [5, 5.41) is 10.1. The largest absolute Gasteiger partial charge is 0.369 e. The number of halogens is 1. The van der Waals surface area contributed by atoms with Gasteiger partial charge in [-0.15, -0.1) is 0 Å². The molecule has 3 heterocycles.